The maximum atomic E-state index is 11.4. The summed E-state index contributed by atoms with van der Waals surface area (Å²) in [5, 5.41) is 13.3. The number of aromatic nitrogens is 1. The highest BCUT2D eigenvalue weighted by Crippen LogP contribution is 2.22. The van der Waals surface area contributed by atoms with Crippen molar-refractivity contribution in [3.8, 4) is 0 Å². The summed E-state index contributed by atoms with van der Waals surface area (Å²) in [6.07, 6.45) is 0. The van der Waals surface area contributed by atoms with Crippen LogP contribution in [0.15, 0.2) is 12.1 Å². The Morgan fingerprint density at radius 3 is 2.74 bits per heavy atom. The van der Waals surface area contributed by atoms with Gasteiger partial charge in [0.25, 0.3) is 5.69 Å². The van der Waals surface area contributed by atoms with Gasteiger partial charge in [-0.2, -0.15) is 0 Å². The molecule has 1 amide bonds. The average Bonchev–Trinajstić information content (AvgIpc) is 2.43. The number of carbonyl (C=O) groups is 1. The molecular weight excluding hydrogens is 252 g/mol. The Hall–Kier alpha value is -2.42. The second kappa shape index (κ2) is 6.50. The summed E-state index contributed by atoms with van der Waals surface area (Å²) in [6.45, 7) is 2.36. The maximum Gasteiger partial charge on any atom is 0.276 e. The lowest BCUT2D eigenvalue weighted by atomic mass is 10.3. The number of carbonyl (C=O) groups excluding carboxylic acids is 1. The average molecular weight is 268 g/mol. The normalized spacial score (nSPS) is 9.84. The smallest absolute Gasteiger partial charge is 0.276 e. The van der Waals surface area contributed by atoms with Crippen LogP contribution in [0, 0.1) is 10.1 Å². The maximum absolute atomic E-state index is 11.4. The Balaban J connectivity index is 3.11. The quantitative estimate of drug-likeness (QED) is 0.372. The first kappa shape index (κ1) is 14.6. The number of nitro groups is 1. The third-order valence-corrected chi connectivity index (χ3v) is 2.47. The number of anilines is 2. The number of nitrogens with one attached hydrogen (secondary N) is 2. The Labute approximate surface area is 109 Å². The summed E-state index contributed by atoms with van der Waals surface area (Å²) in [4.78, 5) is 27.4. The summed E-state index contributed by atoms with van der Waals surface area (Å²) in [5.74, 6) is 5.49. The minimum absolute atomic E-state index is 0.0607. The number of hydrazine groups is 1. The van der Waals surface area contributed by atoms with Crippen LogP contribution in [0.1, 0.15) is 6.92 Å². The van der Waals surface area contributed by atoms with E-state index < -0.39 is 4.92 Å². The van der Waals surface area contributed by atoms with Crippen molar-refractivity contribution >= 4 is 23.2 Å². The molecule has 4 N–H and O–H groups in total. The zero-order valence-corrected chi connectivity index (χ0v) is 10.7. The molecule has 0 aromatic carbocycles. The van der Waals surface area contributed by atoms with Gasteiger partial charge in [0, 0.05) is 13.6 Å². The Bertz CT molecular complexity index is 478. The molecule has 1 rings (SSSR count). The van der Waals surface area contributed by atoms with Crippen LogP contribution in [0.5, 0.6) is 0 Å². The zero-order chi connectivity index (χ0) is 14.4. The Kier molecular flexibility index (Phi) is 5.01. The second-order valence-electron chi connectivity index (χ2n) is 3.66. The molecule has 0 radical (unpaired) electrons. The van der Waals surface area contributed by atoms with E-state index in [1.807, 2.05) is 6.92 Å². The van der Waals surface area contributed by atoms with Crippen molar-refractivity contribution in [1.82, 2.24) is 10.3 Å². The largest absolute Gasteiger partial charge is 0.358 e. The van der Waals surface area contributed by atoms with E-state index >= 15 is 0 Å². The molecule has 0 atom stereocenters. The SMILES string of the molecule is CCN(CC(=O)NC)c1cc([N+](=O)[O-])cc(NN)n1. The molecule has 0 aliphatic heterocycles. The first-order chi connectivity index (χ1) is 9.01. The number of hydrogen-bond acceptors (Lipinski definition) is 7. The van der Waals surface area contributed by atoms with Gasteiger partial charge in [0.05, 0.1) is 23.6 Å². The number of amides is 1. The summed E-state index contributed by atoms with van der Waals surface area (Å²) in [5.41, 5.74) is 2.12. The predicted molar refractivity (Wildman–Crippen MR) is 70.7 cm³/mol. The lowest BCUT2D eigenvalue weighted by Gasteiger charge is -2.21. The molecule has 0 fully saturated rings. The standard InChI is InChI=1S/C10H16N6O3/c1-3-15(6-10(17)12-2)9-5-7(16(18)19)4-8(13-9)14-11/h4-5H,3,6,11H2,1-2H3,(H,12,17)(H,13,14). The minimum Gasteiger partial charge on any atom is -0.358 e. The Morgan fingerprint density at radius 2 is 2.26 bits per heavy atom. The molecule has 1 heterocycles. The van der Waals surface area contributed by atoms with E-state index in [-0.39, 0.29) is 24.0 Å². The van der Waals surface area contributed by atoms with Crippen molar-refractivity contribution in [3.05, 3.63) is 22.2 Å². The van der Waals surface area contributed by atoms with E-state index in [0.717, 1.165) is 0 Å². The molecule has 9 nitrogen and oxygen atoms in total. The second-order valence-corrected chi connectivity index (χ2v) is 3.66. The fourth-order valence-corrected chi connectivity index (χ4v) is 1.45. The van der Waals surface area contributed by atoms with E-state index in [0.29, 0.717) is 12.4 Å². The summed E-state index contributed by atoms with van der Waals surface area (Å²) < 4.78 is 0. The van der Waals surface area contributed by atoms with Crippen LogP contribution < -0.4 is 21.5 Å². The zero-order valence-electron chi connectivity index (χ0n) is 10.7. The lowest BCUT2D eigenvalue weighted by Crippen LogP contribution is -2.36. The molecule has 9 heteroatoms. The van der Waals surface area contributed by atoms with Gasteiger partial charge in [-0.05, 0) is 6.92 Å². The predicted octanol–water partition coefficient (Wildman–Crippen LogP) is -0.152. The highest BCUT2D eigenvalue weighted by Gasteiger charge is 2.16. The molecule has 0 saturated heterocycles. The van der Waals surface area contributed by atoms with Gasteiger partial charge < -0.3 is 15.6 Å². The third kappa shape index (κ3) is 3.78. The molecular formula is C10H16N6O3. The van der Waals surface area contributed by atoms with Gasteiger partial charge in [-0.3, -0.25) is 14.9 Å². The highest BCUT2D eigenvalue weighted by molar-refractivity contribution is 5.80. The molecule has 1 aromatic heterocycles. The van der Waals surface area contributed by atoms with Crippen molar-refractivity contribution in [3.63, 3.8) is 0 Å². The molecule has 19 heavy (non-hydrogen) atoms. The first-order valence-electron chi connectivity index (χ1n) is 5.60. The number of hydrogen-bond donors (Lipinski definition) is 3. The van der Waals surface area contributed by atoms with Crippen molar-refractivity contribution < 1.29 is 9.72 Å². The topological polar surface area (TPSA) is 126 Å². The van der Waals surface area contributed by atoms with Crippen LogP contribution in [0.2, 0.25) is 0 Å². The number of nitrogens with zero attached hydrogens (tertiary/aromatic N) is 3. The fourth-order valence-electron chi connectivity index (χ4n) is 1.45. The van der Waals surface area contributed by atoms with Crippen LogP contribution in [-0.4, -0.2) is 36.0 Å². The molecule has 0 saturated carbocycles. The fraction of sp³-hybridized carbons (Fsp3) is 0.400. The van der Waals surface area contributed by atoms with Gasteiger partial charge >= 0.3 is 0 Å². The van der Waals surface area contributed by atoms with Gasteiger partial charge in [0.15, 0.2) is 0 Å². The molecule has 0 unspecified atom stereocenters. The van der Waals surface area contributed by atoms with E-state index in [1.54, 1.807) is 4.90 Å². The summed E-state index contributed by atoms with van der Waals surface area (Å²) >= 11 is 0. The lowest BCUT2D eigenvalue weighted by molar-refractivity contribution is -0.384. The summed E-state index contributed by atoms with van der Waals surface area (Å²) in [7, 11) is 1.52. The van der Waals surface area contributed by atoms with Gasteiger partial charge in [0.2, 0.25) is 5.91 Å². The monoisotopic (exact) mass is 268 g/mol. The first-order valence-corrected chi connectivity index (χ1v) is 5.60. The van der Waals surface area contributed by atoms with Crippen LogP contribution in [0.4, 0.5) is 17.3 Å². The number of nitrogen functional groups attached to an aromatic ring is 1. The van der Waals surface area contributed by atoms with Crippen LogP contribution in [0.3, 0.4) is 0 Å². The molecule has 0 spiro atoms. The molecule has 0 aliphatic rings. The van der Waals surface area contributed by atoms with Crippen molar-refractivity contribution in [1.29, 1.82) is 0 Å². The van der Waals surface area contributed by atoms with Crippen molar-refractivity contribution in [2.45, 2.75) is 6.92 Å². The van der Waals surface area contributed by atoms with E-state index in [2.05, 4.69) is 15.7 Å². The minimum atomic E-state index is -0.542. The van der Waals surface area contributed by atoms with E-state index in [9.17, 15) is 14.9 Å². The number of nitrogens with two attached hydrogens (primary N) is 1. The highest BCUT2D eigenvalue weighted by atomic mass is 16.6. The van der Waals surface area contributed by atoms with Crippen LogP contribution in [0.25, 0.3) is 0 Å². The Morgan fingerprint density at radius 1 is 1.58 bits per heavy atom. The molecule has 104 valence electrons. The molecule has 1 aromatic rings. The van der Waals surface area contributed by atoms with Gasteiger partial charge in [0.1, 0.15) is 11.6 Å². The van der Waals surface area contributed by atoms with E-state index in [4.69, 9.17) is 5.84 Å². The van der Waals surface area contributed by atoms with Gasteiger partial charge in [-0.25, -0.2) is 10.8 Å². The number of rotatable bonds is 6. The van der Waals surface area contributed by atoms with Crippen molar-refractivity contribution in [2.24, 2.45) is 5.84 Å². The van der Waals surface area contributed by atoms with Crippen molar-refractivity contribution in [2.75, 3.05) is 30.5 Å². The van der Waals surface area contributed by atoms with Crippen LogP contribution in [-0.2, 0) is 4.79 Å². The number of pyridine rings is 1. The number of likely N-dealkylation sites (N-methyl/N-ethyl adjacent to an activating group) is 2. The third-order valence-electron chi connectivity index (χ3n) is 2.47. The van der Waals surface area contributed by atoms with Gasteiger partial charge in [-0.1, -0.05) is 0 Å². The molecule has 0 aliphatic carbocycles. The van der Waals surface area contributed by atoms with Gasteiger partial charge in [-0.15, -0.1) is 0 Å². The molecule has 0 bridgehead atoms. The van der Waals surface area contributed by atoms with Crippen LogP contribution >= 0.6 is 0 Å². The van der Waals surface area contributed by atoms with E-state index in [1.165, 1.54) is 19.2 Å². The summed E-state index contributed by atoms with van der Waals surface area (Å²) in [6, 6.07) is 2.52.